The molecule has 0 bridgehead atoms. The van der Waals surface area contributed by atoms with E-state index in [1.54, 1.807) is 16.3 Å². The van der Waals surface area contributed by atoms with Crippen molar-refractivity contribution in [3.63, 3.8) is 0 Å². The largest absolute Gasteiger partial charge is 0.381 e. The number of hydrogen-bond acceptors (Lipinski definition) is 8. The number of anilines is 3. The minimum absolute atomic E-state index is 0.0915. The fourth-order valence-electron chi connectivity index (χ4n) is 5.69. The van der Waals surface area contributed by atoms with Gasteiger partial charge in [0.15, 0.2) is 0 Å². The minimum Gasteiger partial charge on any atom is -0.381 e. The lowest BCUT2D eigenvalue weighted by molar-refractivity contribution is 0.261. The van der Waals surface area contributed by atoms with Gasteiger partial charge in [0.25, 0.3) is 5.56 Å². The van der Waals surface area contributed by atoms with Gasteiger partial charge in [-0.2, -0.15) is 4.98 Å². The molecule has 10 heteroatoms. The summed E-state index contributed by atoms with van der Waals surface area (Å²) in [6.07, 6.45) is 6.42. The molecule has 2 N–H and O–H groups in total. The van der Waals surface area contributed by atoms with Crippen LogP contribution in [0.25, 0.3) is 33.4 Å². The Morgan fingerprint density at radius 1 is 1.02 bits per heavy atom. The van der Waals surface area contributed by atoms with Crippen molar-refractivity contribution in [1.82, 2.24) is 24.4 Å². The van der Waals surface area contributed by atoms with Crippen molar-refractivity contribution in [2.75, 3.05) is 30.8 Å². The molecular formula is C32H32ClN7OS. The van der Waals surface area contributed by atoms with Crippen molar-refractivity contribution in [3.8, 4) is 22.4 Å². The predicted molar refractivity (Wildman–Crippen MR) is 172 cm³/mol. The number of rotatable bonds is 8. The standard InChI is InChI=1S/C32H32ClN7OS/c1-39-12-2-3-25(17-39)36-23-7-9-24(10-8-23)37-32-34-15-22-13-27(31(41)40(30(22)38-32)16-20-4-5-20)26-11-6-21(14-28(26)33)29-18-42-19-35-29/h6-11,13-15,18-20,25,36H,2-5,12,16-17H2,1H3,(H,34,37,38). The third-order valence-electron chi connectivity index (χ3n) is 8.09. The van der Waals surface area contributed by atoms with Gasteiger partial charge in [-0.05, 0) is 81.6 Å². The van der Waals surface area contributed by atoms with E-state index >= 15 is 0 Å². The molecule has 3 aromatic heterocycles. The van der Waals surface area contributed by atoms with E-state index in [1.165, 1.54) is 24.2 Å². The second kappa shape index (κ2) is 11.5. The number of fused-ring (bicyclic) bond motifs is 1. The Balaban J connectivity index is 1.17. The van der Waals surface area contributed by atoms with Crippen LogP contribution in [0.2, 0.25) is 5.02 Å². The molecule has 1 saturated carbocycles. The second-order valence-corrected chi connectivity index (χ2v) is 12.5. The summed E-state index contributed by atoms with van der Waals surface area (Å²) in [4.78, 5) is 30.1. The topological polar surface area (TPSA) is 88.0 Å². The third kappa shape index (κ3) is 5.77. The summed E-state index contributed by atoms with van der Waals surface area (Å²) in [5.41, 5.74) is 7.36. The first-order valence-electron chi connectivity index (χ1n) is 14.4. The Bertz CT molecular complexity index is 1780. The number of pyridine rings is 1. The smallest absolute Gasteiger partial charge is 0.260 e. The van der Waals surface area contributed by atoms with Crippen LogP contribution < -0.4 is 16.2 Å². The van der Waals surface area contributed by atoms with Crippen LogP contribution in [0.1, 0.15) is 25.7 Å². The Morgan fingerprint density at radius 2 is 1.86 bits per heavy atom. The Labute approximate surface area is 253 Å². The molecule has 1 aliphatic carbocycles. The van der Waals surface area contributed by atoms with Crippen LogP contribution >= 0.6 is 22.9 Å². The van der Waals surface area contributed by atoms with Crippen LogP contribution in [0.5, 0.6) is 0 Å². The summed E-state index contributed by atoms with van der Waals surface area (Å²) in [7, 11) is 2.17. The molecule has 5 aromatic rings. The van der Waals surface area contributed by atoms with E-state index in [9.17, 15) is 4.79 Å². The first kappa shape index (κ1) is 27.1. The van der Waals surface area contributed by atoms with Crippen molar-refractivity contribution < 1.29 is 0 Å². The molecule has 0 radical (unpaired) electrons. The van der Waals surface area contributed by atoms with Crippen LogP contribution in [0, 0.1) is 5.92 Å². The molecule has 1 unspecified atom stereocenters. The number of aromatic nitrogens is 4. The van der Waals surface area contributed by atoms with E-state index in [4.69, 9.17) is 16.6 Å². The highest BCUT2D eigenvalue weighted by atomic mass is 35.5. The van der Waals surface area contributed by atoms with Gasteiger partial charge in [0, 0.05) is 69.2 Å². The number of likely N-dealkylation sites (tertiary alicyclic amines) is 1. The van der Waals surface area contributed by atoms with Crippen LogP contribution in [0.3, 0.4) is 0 Å². The molecule has 2 aliphatic rings. The second-order valence-electron chi connectivity index (χ2n) is 11.4. The zero-order valence-electron chi connectivity index (χ0n) is 23.4. The maximum absolute atomic E-state index is 13.9. The first-order chi connectivity index (χ1) is 20.5. The van der Waals surface area contributed by atoms with Crippen molar-refractivity contribution >= 4 is 51.3 Å². The van der Waals surface area contributed by atoms with Gasteiger partial charge in [-0.25, -0.2) is 9.97 Å². The zero-order chi connectivity index (χ0) is 28.6. The van der Waals surface area contributed by atoms with Gasteiger partial charge in [0.2, 0.25) is 5.95 Å². The number of likely N-dealkylation sites (N-methyl/N-ethyl adjacent to an activating group) is 1. The molecule has 2 fully saturated rings. The Kier molecular flexibility index (Phi) is 7.39. The Morgan fingerprint density at radius 3 is 2.60 bits per heavy atom. The van der Waals surface area contributed by atoms with Crippen LogP contribution in [0.15, 0.2) is 70.4 Å². The molecule has 1 atom stereocenters. The lowest BCUT2D eigenvalue weighted by Crippen LogP contribution is -2.39. The molecule has 214 valence electrons. The fraction of sp³-hybridized carbons (Fsp3) is 0.312. The van der Waals surface area contributed by atoms with Crippen molar-refractivity contribution in [3.05, 3.63) is 81.0 Å². The van der Waals surface area contributed by atoms with Gasteiger partial charge in [0.1, 0.15) is 5.65 Å². The number of hydrogen-bond donors (Lipinski definition) is 2. The van der Waals surface area contributed by atoms with Gasteiger partial charge >= 0.3 is 0 Å². The summed E-state index contributed by atoms with van der Waals surface area (Å²) >= 11 is 8.28. The summed E-state index contributed by atoms with van der Waals surface area (Å²) in [5, 5.41) is 10.3. The quantitative estimate of drug-likeness (QED) is 0.201. The van der Waals surface area contributed by atoms with Crippen molar-refractivity contribution in [1.29, 1.82) is 0 Å². The number of thiazole rings is 1. The zero-order valence-corrected chi connectivity index (χ0v) is 25.0. The molecule has 2 aromatic carbocycles. The van der Waals surface area contributed by atoms with E-state index in [1.807, 2.05) is 41.8 Å². The average Bonchev–Trinajstić information content (AvgIpc) is 3.64. The summed E-state index contributed by atoms with van der Waals surface area (Å²) in [5.74, 6) is 0.943. The minimum atomic E-state index is -0.0915. The molecule has 42 heavy (non-hydrogen) atoms. The van der Waals surface area contributed by atoms with Crippen LogP contribution in [0.4, 0.5) is 17.3 Å². The molecular weight excluding hydrogens is 566 g/mol. The van der Waals surface area contributed by atoms with E-state index in [2.05, 4.69) is 44.7 Å². The molecule has 1 saturated heterocycles. The first-order valence-corrected chi connectivity index (χ1v) is 15.7. The van der Waals surface area contributed by atoms with E-state index in [0.29, 0.717) is 46.2 Å². The fourth-order valence-corrected chi connectivity index (χ4v) is 6.53. The maximum Gasteiger partial charge on any atom is 0.260 e. The molecule has 7 rings (SSSR count). The van der Waals surface area contributed by atoms with Crippen LogP contribution in [-0.4, -0.2) is 50.6 Å². The van der Waals surface area contributed by atoms with E-state index < -0.39 is 0 Å². The number of nitrogens with zero attached hydrogens (tertiary/aromatic N) is 5. The van der Waals surface area contributed by atoms with Gasteiger partial charge in [0.05, 0.1) is 11.2 Å². The summed E-state index contributed by atoms with van der Waals surface area (Å²) in [6, 6.07) is 16.3. The highest BCUT2D eigenvalue weighted by Gasteiger charge is 2.25. The normalized spacial score (nSPS) is 17.4. The van der Waals surface area contributed by atoms with Gasteiger partial charge in [-0.3, -0.25) is 9.36 Å². The van der Waals surface area contributed by atoms with Crippen molar-refractivity contribution in [2.45, 2.75) is 38.3 Å². The molecule has 8 nitrogen and oxygen atoms in total. The molecule has 4 heterocycles. The number of benzene rings is 2. The summed E-state index contributed by atoms with van der Waals surface area (Å²) in [6.45, 7) is 2.85. The number of halogens is 1. The third-order valence-corrected chi connectivity index (χ3v) is 8.99. The van der Waals surface area contributed by atoms with Gasteiger partial charge < -0.3 is 15.5 Å². The van der Waals surface area contributed by atoms with E-state index in [-0.39, 0.29) is 5.56 Å². The number of piperidine rings is 1. The molecule has 0 amide bonds. The monoisotopic (exact) mass is 597 g/mol. The Hall–Kier alpha value is -3.79. The lowest BCUT2D eigenvalue weighted by Gasteiger charge is -2.30. The number of nitrogens with one attached hydrogen (secondary N) is 2. The summed E-state index contributed by atoms with van der Waals surface area (Å²) < 4.78 is 1.80. The highest BCUT2D eigenvalue weighted by Crippen LogP contribution is 2.34. The average molecular weight is 598 g/mol. The maximum atomic E-state index is 13.9. The molecule has 1 aliphatic heterocycles. The van der Waals surface area contributed by atoms with Crippen molar-refractivity contribution in [2.24, 2.45) is 5.92 Å². The van der Waals surface area contributed by atoms with E-state index in [0.717, 1.165) is 53.9 Å². The molecule has 0 spiro atoms. The van der Waals surface area contributed by atoms with Crippen LogP contribution in [-0.2, 0) is 6.54 Å². The van der Waals surface area contributed by atoms with Gasteiger partial charge in [-0.15, -0.1) is 11.3 Å². The lowest BCUT2D eigenvalue weighted by atomic mass is 10.0. The highest BCUT2D eigenvalue weighted by molar-refractivity contribution is 7.07. The SMILES string of the molecule is CN1CCCC(Nc2ccc(Nc3ncc4cc(-c5ccc(-c6cscn6)cc5Cl)c(=O)n(CC5CC5)c4n3)cc2)C1. The van der Waals surface area contributed by atoms with Gasteiger partial charge in [-0.1, -0.05) is 23.7 Å². The predicted octanol–water partition coefficient (Wildman–Crippen LogP) is 6.90.